The first kappa shape index (κ1) is 19.5. The minimum Gasteiger partial charge on any atom is -0.477 e. The van der Waals surface area contributed by atoms with Crippen LogP contribution in [-0.2, 0) is 9.53 Å². The van der Waals surface area contributed by atoms with Crippen molar-refractivity contribution in [1.29, 1.82) is 0 Å². The fourth-order valence-corrected chi connectivity index (χ4v) is 3.49. The lowest BCUT2D eigenvalue weighted by Crippen LogP contribution is -2.50. The average Bonchev–Trinajstić information content (AvgIpc) is 2.74. The van der Waals surface area contributed by atoms with Crippen molar-refractivity contribution in [3.8, 4) is 0 Å². The molecule has 1 aliphatic rings. The van der Waals surface area contributed by atoms with Crippen LogP contribution in [0.5, 0.6) is 0 Å². The predicted molar refractivity (Wildman–Crippen MR) is 102 cm³/mol. The molecule has 0 saturated carbocycles. The highest BCUT2D eigenvalue weighted by molar-refractivity contribution is 6.12. The van der Waals surface area contributed by atoms with Crippen LogP contribution < -0.4 is 4.90 Å². The van der Waals surface area contributed by atoms with Crippen molar-refractivity contribution in [2.45, 2.75) is 19.8 Å². The highest BCUT2D eigenvalue weighted by Gasteiger charge is 2.49. The largest absolute Gasteiger partial charge is 0.477 e. The first-order valence-electron chi connectivity index (χ1n) is 9.20. The van der Waals surface area contributed by atoms with E-state index in [9.17, 15) is 14.4 Å². The number of Topliss-reactive ketones (excluding diaryl/α,β-unsaturated/α-hetero) is 1. The molecule has 7 nitrogen and oxygen atoms in total. The fourth-order valence-electron chi connectivity index (χ4n) is 3.49. The zero-order valence-corrected chi connectivity index (χ0v) is 15.6. The highest BCUT2D eigenvalue weighted by Crippen LogP contribution is 2.37. The number of piperidine rings is 1. The Kier molecular flexibility index (Phi) is 5.73. The number of aromatic carboxylic acids is 1. The van der Waals surface area contributed by atoms with Gasteiger partial charge in [-0.3, -0.25) is 9.59 Å². The van der Waals surface area contributed by atoms with Crippen LogP contribution in [0.1, 0.15) is 40.6 Å². The van der Waals surface area contributed by atoms with Crippen molar-refractivity contribution >= 4 is 23.5 Å². The Bertz CT molecular complexity index is 873. The van der Waals surface area contributed by atoms with E-state index in [0.717, 1.165) is 0 Å². The minimum atomic E-state index is -1.24. The Labute approximate surface area is 163 Å². The van der Waals surface area contributed by atoms with Crippen LogP contribution in [0.4, 0.5) is 5.82 Å². The number of benzene rings is 1. The molecule has 0 aliphatic carbocycles. The molecule has 2 aromatic rings. The molecule has 0 unspecified atom stereocenters. The summed E-state index contributed by atoms with van der Waals surface area (Å²) in [6.07, 6.45) is 0.553. The molecule has 1 aromatic carbocycles. The number of esters is 1. The SMILES string of the molecule is CCOC(=O)C1(C(=O)c2ccccc2)CCN(c2cccc(C(=O)O)n2)CC1. The van der Waals surface area contributed by atoms with Crippen molar-refractivity contribution in [3.05, 3.63) is 59.8 Å². The molecule has 28 heavy (non-hydrogen) atoms. The minimum absolute atomic E-state index is 0.0416. The third-order valence-corrected chi connectivity index (χ3v) is 5.03. The summed E-state index contributed by atoms with van der Waals surface area (Å²) in [5.41, 5.74) is -0.798. The molecule has 0 bridgehead atoms. The Morgan fingerprint density at radius 3 is 2.36 bits per heavy atom. The van der Waals surface area contributed by atoms with E-state index in [0.29, 0.717) is 24.5 Å². The number of nitrogens with zero attached hydrogens (tertiary/aromatic N) is 2. The summed E-state index contributed by atoms with van der Waals surface area (Å²) in [5.74, 6) is -1.32. The van der Waals surface area contributed by atoms with Crippen LogP contribution in [-0.4, -0.2) is 47.5 Å². The number of carbonyl (C=O) groups excluding carboxylic acids is 2. The van der Waals surface area contributed by atoms with E-state index >= 15 is 0 Å². The van der Waals surface area contributed by atoms with Gasteiger partial charge in [0.05, 0.1) is 6.61 Å². The van der Waals surface area contributed by atoms with Gasteiger partial charge in [0.2, 0.25) is 0 Å². The first-order valence-corrected chi connectivity index (χ1v) is 9.20. The molecular weight excluding hydrogens is 360 g/mol. The number of carbonyl (C=O) groups is 3. The number of anilines is 1. The lowest BCUT2D eigenvalue weighted by molar-refractivity contribution is -0.153. The number of ether oxygens (including phenoxy) is 1. The van der Waals surface area contributed by atoms with Crippen molar-refractivity contribution < 1.29 is 24.2 Å². The van der Waals surface area contributed by atoms with E-state index in [2.05, 4.69) is 4.98 Å². The van der Waals surface area contributed by atoms with Gasteiger partial charge >= 0.3 is 11.9 Å². The van der Waals surface area contributed by atoms with Crippen LogP contribution in [0.3, 0.4) is 0 Å². The van der Waals surface area contributed by atoms with Gasteiger partial charge in [-0.05, 0) is 31.9 Å². The number of hydrogen-bond acceptors (Lipinski definition) is 6. The van der Waals surface area contributed by atoms with E-state index in [-0.39, 0.29) is 30.9 Å². The van der Waals surface area contributed by atoms with Gasteiger partial charge < -0.3 is 14.7 Å². The lowest BCUT2D eigenvalue weighted by Gasteiger charge is -2.39. The number of ketones is 1. The van der Waals surface area contributed by atoms with Gasteiger partial charge in [-0.25, -0.2) is 9.78 Å². The fraction of sp³-hybridized carbons (Fsp3) is 0.333. The summed E-state index contributed by atoms with van der Waals surface area (Å²) in [6.45, 7) is 2.71. The van der Waals surface area contributed by atoms with Gasteiger partial charge in [-0.15, -0.1) is 0 Å². The topological polar surface area (TPSA) is 96.8 Å². The number of carboxylic acids is 1. The zero-order chi connectivity index (χ0) is 20.1. The monoisotopic (exact) mass is 382 g/mol. The second kappa shape index (κ2) is 8.21. The molecule has 1 N–H and O–H groups in total. The van der Waals surface area contributed by atoms with Gasteiger partial charge in [0.25, 0.3) is 0 Å². The quantitative estimate of drug-likeness (QED) is 0.466. The molecule has 1 saturated heterocycles. The second-order valence-electron chi connectivity index (χ2n) is 6.67. The molecule has 0 radical (unpaired) electrons. The molecule has 0 amide bonds. The molecule has 1 aromatic heterocycles. The number of hydrogen-bond donors (Lipinski definition) is 1. The van der Waals surface area contributed by atoms with E-state index in [1.165, 1.54) is 6.07 Å². The maximum atomic E-state index is 13.2. The Morgan fingerprint density at radius 2 is 1.75 bits per heavy atom. The van der Waals surface area contributed by atoms with E-state index in [4.69, 9.17) is 9.84 Å². The Hall–Kier alpha value is -3.22. The smallest absolute Gasteiger partial charge is 0.354 e. The third-order valence-electron chi connectivity index (χ3n) is 5.03. The first-order chi connectivity index (χ1) is 13.5. The lowest BCUT2D eigenvalue weighted by atomic mass is 9.72. The van der Waals surface area contributed by atoms with Gasteiger partial charge in [-0.2, -0.15) is 0 Å². The Morgan fingerprint density at radius 1 is 1.07 bits per heavy atom. The van der Waals surface area contributed by atoms with Crippen molar-refractivity contribution in [2.24, 2.45) is 5.41 Å². The van der Waals surface area contributed by atoms with Gasteiger partial charge in [0, 0.05) is 18.7 Å². The number of pyridine rings is 1. The number of aromatic nitrogens is 1. The molecule has 2 heterocycles. The standard InChI is InChI=1S/C21H22N2O5/c1-2-28-20(27)21(18(24)15-7-4-3-5-8-15)11-13-23(14-12-21)17-10-6-9-16(22-17)19(25)26/h3-10H,2,11-14H2,1H3,(H,25,26). The summed E-state index contributed by atoms with van der Waals surface area (Å²) in [6, 6.07) is 13.5. The van der Waals surface area contributed by atoms with Crippen LogP contribution in [0.25, 0.3) is 0 Å². The van der Waals surface area contributed by atoms with Crippen LogP contribution in [0.15, 0.2) is 48.5 Å². The third kappa shape index (κ3) is 3.74. The van der Waals surface area contributed by atoms with Crippen LogP contribution in [0, 0.1) is 5.41 Å². The zero-order valence-electron chi connectivity index (χ0n) is 15.6. The van der Waals surface area contributed by atoms with E-state index in [1.54, 1.807) is 43.3 Å². The summed E-state index contributed by atoms with van der Waals surface area (Å²) in [4.78, 5) is 43.2. The molecule has 1 fully saturated rings. The van der Waals surface area contributed by atoms with Crippen LogP contribution >= 0.6 is 0 Å². The summed E-state index contributed by atoms with van der Waals surface area (Å²) in [5, 5.41) is 9.13. The summed E-state index contributed by atoms with van der Waals surface area (Å²) in [7, 11) is 0. The molecule has 146 valence electrons. The van der Waals surface area contributed by atoms with Gasteiger partial charge in [0.1, 0.15) is 11.2 Å². The average molecular weight is 382 g/mol. The van der Waals surface area contributed by atoms with Gasteiger partial charge in [-0.1, -0.05) is 36.4 Å². The van der Waals surface area contributed by atoms with Crippen LogP contribution in [0.2, 0.25) is 0 Å². The van der Waals surface area contributed by atoms with Crippen molar-refractivity contribution in [3.63, 3.8) is 0 Å². The number of carboxylic acid groups (broad SMARTS) is 1. The molecule has 0 spiro atoms. The van der Waals surface area contributed by atoms with E-state index in [1.807, 2.05) is 11.0 Å². The highest BCUT2D eigenvalue weighted by atomic mass is 16.5. The normalized spacial score (nSPS) is 15.7. The van der Waals surface area contributed by atoms with E-state index < -0.39 is 17.4 Å². The summed E-state index contributed by atoms with van der Waals surface area (Å²) < 4.78 is 5.25. The number of rotatable bonds is 6. The molecule has 1 aliphatic heterocycles. The maximum Gasteiger partial charge on any atom is 0.354 e. The molecule has 7 heteroatoms. The second-order valence-corrected chi connectivity index (χ2v) is 6.67. The predicted octanol–water partition coefficient (Wildman–Crippen LogP) is 2.81. The Balaban J connectivity index is 1.85. The molecular formula is C21H22N2O5. The summed E-state index contributed by atoms with van der Waals surface area (Å²) >= 11 is 0. The molecule has 3 rings (SSSR count). The maximum absolute atomic E-state index is 13.2. The van der Waals surface area contributed by atoms with Crippen molar-refractivity contribution in [2.75, 3.05) is 24.6 Å². The van der Waals surface area contributed by atoms with Crippen molar-refractivity contribution in [1.82, 2.24) is 4.98 Å². The molecule has 0 atom stereocenters. The van der Waals surface area contributed by atoms with Gasteiger partial charge in [0.15, 0.2) is 11.5 Å².